The van der Waals surface area contributed by atoms with E-state index in [1.807, 2.05) is 0 Å². The smallest absolute Gasteiger partial charge is 0.319 e. The van der Waals surface area contributed by atoms with Crippen LogP contribution < -0.4 is 5.32 Å². The van der Waals surface area contributed by atoms with Gasteiger partial charge in [-0.15, -0.1) is 0 Å². The van der Waals surface area contributed by atoms with Crippen molar-refractivity contribution in [3.05, 3.63) is 22.0 Å². The summed E-state index contributed by atoms with van der Waals surface area (Å²) in [5.74, 6) is -0.606. The molecule has 0 aromatic carbocycles. The molecule has 0 bridgehead atoms. The molecule has 1 aromatic heterocycles. The number of carbonyl (C=O) groups excluding carboxylic acids is 1. The van der Waals surface area contributed by atoms with Gasteiger partial charge in [0, 0.05) is 0 Å². The van der Waals surface area contributed by atoms with Gasteiger partial charge in [0.2, 0.25) is 5.69 Å². The van der Waals surface area contributed by atoms with Gasteiger partial charge >= 0.3 is 5.69 Å². The van der Waals surface area contributed by atoms with Crippen molar-refractivity contribution < 1.29 is 14.8 Å². The summed E-state index contributed by atoms with van der Waals surface area (Å²) >= 11 is 0. The minimum atomic E-state index is -0.671. The standard InChI is InChI=1S/C10H14N4O4/c15-8-4-2-1-3-6(8)12-10(16)9-7(14(17)18)5-11-13-9/h5-6,8,15H,1-4H2,(H,11,13)(H,12,16). The van der Waals surface area contributed by atoms with Crippen LogP contribution in [0.4, 0.5) is 5.69 Å². The minimum absolute atomic E-state index is 0.183. The summed E-state index contributed by atoms with van der Waals surface area (Å²) in [4.78, 5) is 21.8. The summed E-state index contributed by atoms with van der Waals surface area (Å²) in [6.07, 6.45) is 3.56. The normalized spacial score (nSPS) is 23.6. The van der Waals surface area contributed by atoms with E-state index in [4.69, 9.17) is 0 Å². The van der Waals surface area contributed by atoms with Crippen LogP contribution in [0, 0.1) is 10.1 Å². The fraction of sp³-hybridized carbons (Fsp3) is 0.600. The second-order valence-corrected chi connectivity index (χ2v) is 4.32. The van der Waals surface area contributed by atoms with Crippen LogP contribution in [0.1, 0.15) is 36.2 Å². The maximum atomic E-state index is 11.8. The molecule has 0 radical (unpaired) electrons. The monoisotopic (exact) mass is 254 g/mol. The van der Waals surface area contributed by atoms with Crippen molar-refractivity contribution in [3.63, 3.8) is 0 Å². The lowest BCUT2D eigenvalue weighted by molar-refractivity contribution is -0.385. The van der Waals surface area contributed by atoms with Crippen LogP contribution in [-0.4, -0.2) is 38.3 Å². The average Bonchev–Trinajstić information content (AvgIpc) is 2.81. The number of aromatic nitrogens is 2. The van der Waals surface area contributed by atoms with Gasteiger partial charge in [-0.25, -0.2) is 0 Å². The Morgan fingerprint density at radius 2 is 2.28 bits per heavy atom. The third-order valence-electron chi connectivity index (χ3n) is 3.09. The van der Waals surface area contributed by atoms with Gasteiger partial charge in [-0.1, -0.05) is 12.8 Å². The second-order valence-electron chi connectivity index (χ2n) is 4.32. The number of aliphatic hydroxyl groups is 1. The van der Waals surface area contributed by atoms with Gasteiger partial charge in [-0.2, -0.15) is 5.10 Å². The first-order chi connectivity index (χ1) is 8.59. The SMILES string of the molecule is O=C(NC1CCCCC1O)c1[nH]ncc1[N+](=O)[O-]. The number of nitro groups is 1. The molecule has 1 aliphatic carbocycles. The zero-order valence-corrected chi connectivity index (χ0v) is 9.63. The maximum Gasteiger partial charge on any atom is 0.319 e. The van der Waals surface area contributed by atoms with Crippen LogP contribution in [0.2, 0.25) is 0 Å². The zero-order valence-electron chi connectivity index (χ0n) is 9.63. The van der Waals surface area contributed by atoms with Crippen molar-refractivity contribution in [2.45, 2.75) is 37.8 Å². The molecule has 8 nitrogen and oxygen atoms in total. The molecule has 1 heterocycles. The fourth-order valence-electron chi connectivity index (χ4n) is 2.11. The van der Waals surface area contributed by atoms with Gasteiger partial charge in [-0.3, -0.25) is 20.0 Å². The highest BCUT2D eigenvalue weighted by Gasteiger charge is 2.28. The van der Waals surface area contributed by atoms with Gasteiger partial charge in [-0.05, 0) is 12.8 Å². The first kappa shape index (κ1) is 12.5. The van der Waals surface area contributed by atoms with Crippen LogP contribution in [0.15, 0.2) is 6.20 Å². The third kappa shape index (κ3) is 2.48. The number of nitrogens with one attached hydrogen (secondary N) is 2. The molecule has 1 aromatic rings. The van der Waals surface area contributed by atoms with Gasteiger partial charge in [0.05, 0.1) is 17.1 Å². The van der Waals surface area contributed by atoms with E-state index >= 15 is 0 Å². The molecule has 1 aliphatic rings. The van der Waals surface area contributed by atoms with E-state index < -0.39 is 16.9 Å². The summed E-state index contributed by atoms with van der Waals surface area (Å²) in [5.41, 5.74) is -0.546. The number of hydrogen-bond donors (Lipinski definition) is 3. The summed E-state index contributed by atoms with van der Waals surface area (Å²) < 4.78 is 0. The number of hydrogen-bond acceptors (Lipinski definition) is 5. The lowest BCUT2D eigenvalue weighted by Crippen LogP contribution is -2.45. The minimum Gasteiger partial charge on any atom is -0.391 e. The molecule has 1 saturated carbocycles. The van der Waals surface area contributed by atoms with Crippen LogP contribution in [0.3, 0.4) is 0 Å². The Morgan fingerprint density at radius 1 is 1.56 bits per heavy atom. The van der Waals surface area contributed by atoms with Gasteiger partial charge < -0.3 is 10.4 Å². The van der Waals surface area contributed by atoms with E-state index in [9.17, 15) is 20.0 Å². The van der Waals surface area contributed by atoms with E-state index in [1.165, 1.54) is 0 Å². The molecule has 2 atom stereocenters. The Morgan fingerprint density at radius 3 is 2.94 bits per heavy atom. The molecule has 1 fully saturated rings. The lowest BCUT2D eigenvalue weighted by atomic mass is 9.92. The predicted molar refractivity (Wildman–Crippen MR) is 61.0 cm³/mol. The number of H-pyrrole nitrogens is 1. The summed E-state index contributed by atoms with van der Waals surface area (Å²) in [5, 5.41) is 28.8. The number of nitrogens with zero attached hydrogens (tertiary/aromatic N) is 2. The molecule has 3 N–H and O–H groups in total. The Labute approximate surface area is 103 Å². The molecule has 0 aliphatic heterocycles. The summed E-state index contributed by atoms with van der Waals surface area (Å²) in [6, 6.07) is -0.353. The Hall–Kier alpha value is -1.96. The molecule has 18 heavy (non-hydrogen) atoms. The molecule has 98 valence electrons. The van der Waals surface area contributed by atoms with Crippen molar-refractivity contribution in [2.75, 3.05) is 0 Å². The van der Waals surface area contributed by atoms with Gasteiger partial charge in [0.25, 0.3) is 5.91 Å². The molecule has 0 saturated heterocycles. The quantitative estimate of drug-likeness (QED) is 0.530. The lowest BCUT2D eigenvalue weighted by Gasteiger charge is -2.27. The predicted octanol–water partition coefficient (Wildman–Crippen LogP) is 0.351. The first-order valence-electron chi connectivity index (χ1n) is 5.76. The highest BCUT2D eigenvalue weighted by molar-refractivity contribution is 5.96. The molecule has 2 unspecified atom stereocenters. The highest BCUT2D eigenvalue weighted by Crippen LogP contribution is 2.20. The van der Waals surface area contributed by atoms with Gasteiger partial charge in [0.1, 0.15) is 6.20 Å². The molecular formula is C10H14N4O4. The van der Waals surface area contributed by atoms with Crippen molar-refractivity contribution in [2.24, 2.45) is 0 Å². The topological polar surface area (TPSA) is 121 Å². The largest absolute Gasteiger partial charge is 0.391 e. The van der Waals surface area contributed by atoms with E-state index in [-0.39, 0.29) is 17.4 Å². The van der Waals surface area contributed by atoms with Gasteiger partial charge in [0.15, 0.2) is 0 Å². The number of amides is 1. The Bertz CT molecular complexity index is 458. The summed E-state index contributed by atoms with van der Waals surface area (Å²) in [6.45, 7) is 0. The second kappa shape index (κ2) is 5.13. The van der Waals surface area contributed by atoms with E-state index in [1.54, 1.807) is 0 Å². The van der Waals surface area contributed by atoms with Crippen LogP contribution in [-0.2, 0) is 0 Å². The van der Waals surface area contributed by atoms with Crippen molar-refractivity contribution in [1.82, 2.24) is 15.5 Å². The van der Waals surface area contributed by atoms with Crippen LogP contribution in [0.25, 0.3) is 0 Å². The first-order valence-corrected chi connectivity index (χ1v) is 5.76. The number of carbonyl (C=O) groups is 1. The van der Waals surface area contributed by atoms with Crippen molar-refractivity contribution >= 4 is 11.6 Å². The Kier molecular flexibility index (Phi) is 3.56. The molecule has 1 amide bonds. The molecule has 0 spiro atoms. The summed E-state index contributed by atoms with van der Waals surface area (Å²) in [7, 11) is 0. The fourth-order valence-corrected chi connectivity index (χ4v) is 2.11. The highest BCUT2D eigenvalue weighted by atomic mass is 16.6. The van der Waals surface area contributed by atoms with E-state index in [0.29, 0.717) is 12.8 Å². The molecule has 8 heteroatoms. The van der Waals surface area contributed by atoms with Crippen molar-refractivity contribution in [3.8, 4) is 0 Å². The Balaban J connectivity index is 2.07. The van der Waals surface area contributed by atoms with Crippen LogP contribution in [0.5, 0.6) is 0 Å². The molecular weight excluding hydrogens is 240 g/mol. The average molecular weight is 254 g/mol. The zero-order chi connectivity index (χ0) is 13.1. The van der Waals surface area contributed by atoms with Crippen molar-refractivity contribution in [1.29, 1.82) is 0 Å². The number of aromatic amines is 1. The van der Waals surface area contributed by atoms with E-state index in [2.05, 4.69) is 15.5 Å². The third-order valence-corrected chi connectivity index (χ3v) is 3.09. The maximum absolute atomic E-state index is 11.8. The van der Waals surface area contributed by atoms with E-state index in [0.717, 1.165) is 19.0 Å². The number of aliphatic hydroxyl groups excluding tert-OH is 1. The number of rotatable bonds is 3. The van der Waals surface area contributed by atoms with Crippen LogP contribution >= 0.6 is 0 Å². The molecule has 2 rings (SSSR count).